The summed E-state index contributed by atoms with van der Waals surface area (Å²) in [6.07, 6.45) is 3.46. The standard InChI is InChI=1S/C20H26N6O2S/c1-20(2,3)15-11-16(27)26-12-14(13-29-19(26)23-15)17(28)24-7-9-25(10-8-24)18-21-5-4-6-22-18/h4-6,11,14H,7-10,12-13H2,1-3H3. The molecule has 154 valence electrons. The molecule has 0 saturated carbocycles. The number of hydrogen-bond acceptors (Lipinski definition) is 7. The number of amides is 1. The van der Waals surface area contributed by atoms with Crippen molar-refractivity contribution >= 4 is 23.6 Å². The lowest BCUT2D eigenvalue weighted by atomic mass is 9.92. The number of fused-ring (bicyclic) bond motifs is 1. The van der Waals surface area contributed by atoms with Gasteiger partial charge in [-0.2, -0.15) is 0 Å². The van der Waals surface area contributed by atoms with Gasteiger partial charge in [0.05, 0.1) is 11.6 Å². The van der Waals surface area contributed by atoms with Crippen LogP contribution in [0.2, 0.25) is 0 Å². The van der Waals surface area contributed by atoms with E-state index >= 15 is 0 Å². The van der Waals surface area contributed by atoms with Gasteiger partial charge in [-0.1, -0.05) is 32.5 Å². The van der Waals surface area contributed by atoms with Crippen LogP contribution in [0, 0.1) is 5.92 Å². The number of aromatic nitrogens is 4. The van der Waals surface area contributed by atoms with Crippen molar-refractivity contribution in [2.24, 2.45) is 5.92 Å². The number of piperazine rings is 1. The molecule has 1 amide bonds. The van der Waals surface area contributed by atoms with E-state index in [1.807, 2.05) is 25.7 Å². The van der Waals surface area contributed by atoms with Crippen LogP contribution in [0.1, 0.15) is 26.5 Å². The lowest BCUT2D eigenvalue weighted by Gasteiger charge is -2.37. The Labute approximate surface area is 174 Å². The zero-order chi connectivity index (χ0) is 20.6. The van der Waals surface area contributed by atoms with Crippen molar-refractivity contribution in [1.82, 2.24) is 24.4 Å². The van der Waals surface area contributed by atoms with E-state index in [-0.39, 0.29) is 22.8 Å². The Bertz CT molecular complexity index is 948. The van der Waals surface area contributed by atoms with Gasteiger partial charge in [0.15, 0.2) is 5.16 Å². The molecule has 1 atom stereocenters. The zero-order valence-corrected chi connectivity index (χ0v) is 17.9. The highest BCUT2D eigenvalue weighted by Crippen LogP contribution is 2.29. The van der Waals surface area contributed by atoms with Gasteiger partial charge >= 0.3 is 0 Å². The van der Waals surface area contributed by atoms with E-state index < -0.39 is 0 Å². The molecule has 29 heavy (non-hydrogen) atoms. The second kappa shape index (κ2) is 7.78. The van der Waals surface area contributed by atoms with Crippen LogP contribution in [0.4, 0.5) is 5.95 Å². The molecule has 4 rings (SSSR count). The first-order valence-electron chi connectivity index (χ1n) is 9.89. The predicted molar refractivity (Wildman–Crippen MR) is 112 cm³/mol. The molecule has 0 aromatic carbocycles. The Morgan fingerprint density at radius 3 is 2.48 bits per heavy atom. The summed E-state index contributed by atoms with van der Waals surface area (Å²) in [7, 11) is 0. The minimum absolute atomic E-state index is 0.0732. The molecule has 0 aliphatic carbocycles. The number of anilines is 1. The molecule has 1 saturated heterocycles. The molecule has 2 aromatic rings. The van der Waals surface area contributed by atoms with Crippen molar-refractivity contribution in [1.29, 1.82) is 0 Å². The second-order valence-corrected chi connectivity index (χ2v) is 9.48. The SMILES string of the molecule is CC(C)(C)c1cc(=O)n2c(n1)SCC(C(=O)N1CCN(c3ncccn3)CC1)C2. The molecule has 1 unspecified atom stereocenters. The van der Waals surface area contributed by atoms with Gasteiger partial charge in [-0.15, -0.1) is 0 Å². The normalized spacial score (nSPS) is 19.8. The number of carbonyl (C=O) groups excluding carboxylic acids is 1. The van der Waals surface area contributed by atoms with Crippen LogP contribution in [0.5, 0.6) is 0 Å². The number of hydrogen-bond donors (Lipinski definition) is 0. The van der Waals surface area contributed by atoms with Crippen molar-refractivity contribution in [2.45, 2.75) is 37.9 Å². The average molecular weight is 415 g/mol. The van der Waals surface area contributed by atoms with Crippen LogP contribution in [-0.2, 0) is 16.8 Å². The van der Waals surface area contributed by atoms with E-state index in [2.05, 4.69) is 19.9 Å². The van der Waals surface area contributed by atoms with Crippen molar-refractivity contribution in [3.05, 3.63) is 40.6 Å². The summed E-state index contributed by atoms with van der Waals surface area (Å²) in [4.78, 5) is 42.9. The molecule has 0 radical (unpaired) electrons. The fourth-order valence-corrected chi connectivity index (χ4v) is 4.67. The van der Waals surface area contributed by atoms with Crippen LogP contribution in [0.3, 0.4) is 0 Å². The summed E-state index contributed by atoms with van der Waals surface area (Å²) in [5.74, 6) is 1.27. The van der Waals surface area contributed by atoms with Gasteiger partial charge in [-0.25, -0.2) is 15.0 Å². The van der Waals surface area contributed by atoms with Crippen LogP contribution in [-0.4, -0.2) is 62.3 Å². The van der Waals surface area contributed by atoms with Gasteiger partial charge in [0.2, 0.25) is 11.9 Å². The minimum Gasteiger partial charge on any atom is -0.339 e. The molecule has 2 aliphatic rings. The summed E-state index contributed by atoms with van der Waals surface area (Å²) in [5, 5.41) is 0.720. The number of rotatable bonds is 2. The molecular formula is C20H26N6O2S. The third-order valence-corrected chi connectivity index (χ3v) is 6.47. The van der Waals surface area contributed by atoms with Gasteiger partial charge in [0.1, 0.15) is 0 Å². The summed E-state index contributed by atoms with van der Waals surface area (Å²) < 4.78 is 1.65. The average Bonchev–Trinajstić information content (AvgIpc) is 2.73. The van der Waals surface area contributed by atoms with Crippen molar-refractivity contribution in [3.63, 3.8) is 0 Å². The third kappa shape index (κ3) is 4.14. The van der Waals surface area contributed by atoms with Crippen molar-refractivity contribution in [2.75, 3.05) is 36.8 Å². The largest absolute Gasteiger partial charge is 0.339 e. The topological polar surface area (TPSA) is 84.2 Å². The quantitative estimate of drug-likeness (QED) is 0.687. The molecule has 2 aromatic heterocycles. The molecule has 0 bridgehead atoms. The van der Waals surface area contributed by atoms with Crippen LogP contribution >= 0.6 is 11.8 Å². The van der Waals surface area contributed by atoms with Crippen molar-refractivity contribution in [3.8, 4) is 0 Å². The first-order chi connectivity index (χ1) is 13.8. The molecule has 0 N–H and O–H groups in total. The van der Waals surface area contributed by atoms with Gasteiger partial charge < -0.3 is 9.80 Å². The fourth-order valence-electron chi connectivity index (χ4n) is 3.58. The predicted octanol–water partition coefficient (Wildman–Crippen LogP) is 1.40. The monoisotopic (exact) mass is 414 g/mol. The van der Waals surface area contributed by atoms with Crippen molar-refractivity contribution < 1.29 is 4.79 Å². The molecule has 9 heteroatoms. The van der Waals surface area contributed by atoms with E-state index in [0.717, 1.165) is 10.9 Å². The van der Waals surface area contributed by atoms with Gasteiger partial charge in [-0.3, -0.25) is 14.2 Å². The fraction of sp³-hybridized carbons (Fsp3) is 0.550. The highest BCUT2D eigenvalue weighted by atomic mass is 32.2. The minimum atomic E-state index is -0.202. The van der Waals surface area contributed by atoms with Crippen LogP contribution in [0.15, 0.2) is 34.5 Å². The first-order valence-corrected chi connectivity index (χ1v) is 10.9. The maximum absolute atomic E-state index is 13.1. The Morgan fingerprint density at radius 2 is 1.83 bits per heavy atom. The smallest absolute Gasteiger partial charge is 0.254 e. The third-order valence-electron chi connectivity index (χ3n) is 5.33. The maximum Gasteiger partial charge on any atom is 0.254 e. The second-order valence-electron chi connectivity index (χ2n) is 8.49. The number of thioether (sulfide) groups is 1. The number of carbonyl (C=O) groups is 1. The Hall–Kier alpha value is -2.42. The molecular weight excluding hydrogens is 388 g/mol. The van der Waals surface area contributed by atoms with Crippen LogP contribution < -0.4 is 10.5 Å². The Morgan fingerprint density at radius 1 is 1.14 bits per heavy atom. The highest BCUT2D eigenvalue weighted by molar-refractivity contribution is 7.99. The Balaban J connectivity index is 1.42. The summed E-state index contributed by atoms with van der Waals surface area (Å²) in [6, 6.07) is 3.40. The first kappa shape index (κ1) is 19.9. The summed E-state index contributed by atoms with van der Waals surface area (Å²) >= 11 is 1.50. The Kier molecular flexibility index (Phi) is 5.33. The molecule has 8 nitrogen and oxygen atoms in total. The van der Waals surface area contributed by atoms with Crippen LogP contribution in [0.25, 0.3) is 0 Å². The van der Waals surface area contributed by atoms with Gasteiger partial charge in [0.25, 0.3) is 5.56 Å². The lowest BCUT2D eigenvalue weighted by Crippen LogP contribution is -2.52. The molecule has 4 heterocycles. The van der Waals surface area contributed by atoms with Gasteiger partial charge in [0, 0.05) is 62.4 Å². The molecule has 0 spiro atoms. The van der Waals surface area contributed by atoms with E-state index in [1.165, 1.54) is 11.8 Å². The molecule has 1 fully saturated rings. The summed E-state index contributed by atoms with van der Waals surface area (Å²) in [5.41, 5.74) is 0.547. The lowest BCUT2D eigenvalue weighted by molar-refractivity contribution is -0.135. The molecule has 2 aliphatic heterocycles. The zero-order valence-electron chi connectivity index (χ0n) is 17.0. The van der Waals surface area contributed by atoms with Gasteiger partial charge in [-0.05, 0) is 6.07 Å². The van der Waals surface area contributed by atoms with E-state index in [0.29, 0.717) is 44.4 Å². The van der Waals surface area contributed by atoms with E-state index in [1.54, 1.807) is 29.1 Å². The highest BCUT2D eigenvalue weighted by Gasteiger charge is 2.32. The van der Waals surface area contributed by atoms with E-state index in [9.17, 15) is 9.59 Å². The summed E-state index contributed by atoms with van der Waals surface area (Å²) in [6.45, 7) is 9.25. The van der Waals surface area contributed by atoms with E-state index in [4.69, 9.17) is 0 Å². The maximum atomic E-state index is 13.1. The number of nitrogens with zero attached hydrogens (tertiary/aromatic N) is 6.